The molecule has 0 radical (unpaired) electrons. The minimum atomic E-state index is -1.08. The molecular weight excluding hydrogens is 266 g/mol. The summed E-state index contributed by atoms with van der Waals surface area (Å²) >= 11 is 0. The molecule has 0 amide bonds. The van der Waals surface area contributed by atoms with Crippen LogP contribution < -0.4 is 0 Å². The molecule has 20 heavy (non-hydrogen) atoms. The van der Waals surface area contributed by atoms with Crippen LogP contribution in [-0.4, -0.2) is 42.7 Å². The molecule has 1 heterocycles. The minimum absolute atomic E-state index is 0.111. The van der Waals surface area contributed by atoms with E-state index in [2.05, 4.69) is 14.5 Å². The van der Waals surface area contributed by atoms with Crippen molar-refractivity contribution >= 4 is 23.5 Å². The molecule has 108 valence electrons. The highest BCUT2D eigenvalue weighted by atomic mass is 16.5. The lowest BCUT2D eigenvalue weighted by Gasteiger charge is -2.01. The smallest absolute Gasteiger partial charge is 0.374 e. The van der Waals surface area contributed by atoms with Gasteiger partial charge in [-0.25, -0.2) is 9.59 Å². The summed E-state index contributed by atoms with van der Waals surface area (Å²) in [5.41, 5.74) is 1.21. The zero-order valence-electron chi connectivity index (χ0n) is 11.7. The SMILES string of the molecule is COC(=O)C(=O)CC(=O)c1[nH]c(C)c(C(=O)OC)c1C. The lowest BCUT2D eigenvalue weighted by Crippen LogP contribution is -2.19. The molecule has 0 saturated carbocycles. The van der Waals surface area contributed by atoms with Crippen LogP contribution in [0.25, 0.3) is 0 Å². The first-order chi connectivity index (χ1) is 9.33. The van der Waals surface area contributed by atoms with Gasteiger partial charge in [-0.15, -0.1) is 0 Å². The van der Waals surface area contributed by atoms with Gasteiger partial charge < -0.3 is 14.5 Å². The fraction of sp³-hybridized carbons (Fsp3) is 0.385. The summed E-state index contributed by atoms with van der Waals surface area (Å²) in [6.07, 6.45) is -0.617. The van der Waals surface area contributed by atoms with Crippen molar-refractivity contribution in [3.63, 3.8) is 0 Å². The van der Waals surface area contributed by atoms with E-state index in [9.17, 15) is 19.2 Å². The lowest BCUT2D eigenvalue weighted by atomic mass is 10.1. The van der Waals surface area contributed by atoms with E-state index in [0.717, 1.165) is 7.11 Å². The first-order valence-electron chi connectivity index (χ1n) is 5.75. The van der Waals surface area contributed by atoms with Gasteiger partial charge in [0.25, 0.3) is 0 Å². The van der Waals surface area contributed by atoms with Crippen LogP contribution in [0.2, 0.25) is 0 Å². The standard InChI is InChI=1S/C13H15NO6/c1-6-10(13(18)20-4)7(2)14-11(6)8(15)5-9(16)12(17)19-3/h14H,5H2,1-4H3. The quantitative estimate of drug-likeness (QED) is 0.369. The summed E-state index contributed by atoms with van der Waals surface area (Å²) in [7, 11) is 2.29. The predicted octanol–water partition coefficient (Wildman–Crippen LogP) is 0.733. The van der Waals surface area contributed by atoms with Crippen molar-refractivity contribution in [3.05, 3.63) is 22.5 Å². The number of esters is 2. The second kappa shape index (κ2) is 6.14. The molecule has 0 unspecified atom stereocenters. The Morgan fingerprint density at radius 1 is 1.05 bits per heavy atom. The van der Waals surface area contributed by atoms with Gasteiger partial charge in [0.1, 0.15) is 0 Å². The van der Waals surface area contributed by atoms with E-state index >= 15 is 0 Å². The summed E-state index contributed by atoms with van der Waals surface area (Å²) in [5.74, 6) is -3.18. The van der Waals surface area contributed by atoms with Gasteiger partial charge in [-0.3, -0.25) is 9.59 Å². The van der Waals surface area contributed by atoms with Crippen molar-refractivity contribution < 1.29 is 28.7 Å². The molecule has 0 aliphatic carbocycles. The zero-order chi connectivity index (χ0) is 15.4. The molecule has 1 aromatic rings. The molecule has 1 aromatic heterocycles. The van der Waals surface area contributed by atoms with Crippen molar-refractivity contribution in [1.82, 2.24) is 4.98 Å². The number of aromatic amines is 1. The molecule has 1 rings (SSSR count). The second-order valence-electron chi connectivity index (χ2n) is 4.13. The number of rotatable bonds is 5. The number of aromatic nitrogens is 1. The average molecular weight is 281 g/mol. The van der Waals surface area contributed by atoms with Crippen LogP contribution in [0, 0.1) is 13.8 Å². The van der Waals surface area contributed by atoms with Crippen molar-refractivity contribution in [2.24, 2.45) is 0 Å². The molecule has 7 nitrogen and oxygen atoms in total. The monoisotopic (exact) mass is 281 g/mol. The highest BCUT2D eigenvalue weighted by Gasteiger charge is 2.25. The largest absolute Gasteiger partial charge is 0.465 e. The van der Waals surface area contributed by atoms with Gasteiger partial charge in [-0.05, 0) is 19.4 Å². The Hall–Kier alpha value is -2.44. The maximum atomic E-state index is 12.0. The Morgan fingerprint density at radius 2 is 1.65 bits per heavy atom. The van der Waals surface area contributed by atoms with Gasteiger partial charge in [0.15, 0.2) is 5.78 Å². The maximum absolute atomic E-state index is 12.0. The molecule has 0 bridgehead atoms. The van der Waals surface area contributed by atoms with Gasteiger partial charge in [-0.1, -0.05) is 0 Å². The topological polar surface area (TPSA) is 103 Å². The molecule has 0 spiro atoms. The number of nitrogens with one attached hydrogen (secondary N) is 1. The van der Waals surface area contributed by atoms with Crippen LogP contribution in [0.4, 0.5) is 0 Å². The number of carbonyl (C=O) groups is 4. The third-order valence-electron chi connectivity index (χ3n) is 2.84. The summed E-state index contributed by atoms with van der Waals surface area (Å²) in [5, 5.41) is 0. The third kappa shape index (κ3) is 2.93. The summed E-state index contributed by atoms with van der Waals surface area (Å²) in [4.78, 5) is 48.6. The number of ether oxygens (including phenoxy) is 2. The Morgan fingerprint density at radius 3 is 2.15 bits per heavy atom. The molecule has 0 aliphatic heterocycles. The third-order valence-corrected chi connectivity index (χ3v) is 2.84. The van der Waals surface area contributed by atoms with Gasteiger partial charge in [-0.2, -0.15) is 0 Å². The molecule has 0 saturated heterocycles. The van der Waals surface area contributed by atoms with Crippen molar-refractivity contribution in [1.29, 1.82) is 0 Å². The van der Waals surface area contributed by atoms with Crippen LogP contribution in [-0.2, 0) is 19.1 Å². The summed E-state index contributed by atoms with van der Waals surface area (Å²) in [6, 6.07) is 0. The lowest BCUT2D eigenvalue weighted by molar-refractivity contribution is -0.151. The highest BCUT2D eigenvalue weighted by molar-refractivity contribution is 6.38. The number of aryl methyl sites for hydroxylation is 1. The molecule has 0 aromatic carbocycles. The first kappa shape index (κ1) is 15.6. The van der Waals surface area contributed by atoms with Crippen LogP contribution in [0.1, 0.15) is 38.5 Å². The Balaban J connectivity index is 3.04. The molecule has 0 atom stereocenters. The van der Waals surface area contributed by atoms with Crippen molar-refractivity contribution in [2.45, 2.75) is 20.3 Å². The summed E-state index contributed by atoms with van der Waals surface area (Å²) < 4.78 is 8.85. The number of ketones is 2. The number of hydrogen-bond acceptors (Lipinski definition) is 6. The second-order valence-corrected chi connectivity index (χ2v) is 4.13. The fourth-order valence-corrected chi connectivity index (χ4v) is 1.86. The summed E-state index contributed by atoms with van der Waals surface area (Å²) in [6.45, 7) is 3.17. The van der Waals surface area contributed by atoms with Crippen LogP contribution in [0.5, 0.6) is 0 Å². The van der Waals surface area contributed by atoms with Gasteiger partial charge >= 0.3 is 11.9 Å². The van der Waals surface area contributed by atoms with Crippen LogP contribution in [0.15, 0.2) is 0 Å². The van der Waals surface area contributed by atoms with E-state index in [1.807, 2.05) is 0 Å². The van der Waals surface area contributed by atoms with Crippen molar-refractivity contribution in [3.8, 4) is 0 Å². The molecule has 1 N–H and O–H groups in total. The number of H-pyrrole nitrogens is 1. The normalized spacial score (nSPS) is 10.0. The molecular formula is C13H15NO6. The number of methoxy groups -OCH3 is 2. The molecule has 0 fully saturated rings. The van der Waals surface area contributed by atoms with Crippen LogP contribution >= 0.6 is 0 Å². The van der Waals surface area contributed by atoms with E-state index in [1.54, 1.807) is 13.8 Å². The van der Waals surface area contributed by atoms with E-state index < -0.39 is 29.9 Å². The first-order valence-corrected chi connectivity index (χ1v) is 5.75. The van der Waals surface area contributed by atoms with E-state index in [4.69, 9.17) is 0 Å². The number of hydrogen-bond donors (Lipinski definition) is 1. The van der Waals surface area contributed by atoms with Gasteiger partial charge in [0, 0.05) is 5.69 Å². The highest BCUT2D eigenvalue weighted by Crippen LogP contribution is 2.20. The van der Waals surface area contributed by atoms with Crippen molar-refractivity contribution in [2.75, 3.05) is 14.2 Å². The minimum Gasteiger partial charge on any atom is -0.465 e. The van der Waals surface area contributed by atoms with Gasteiger partial charge in [0.05, 0.1) is 31.9 Å². The Bertz CT molecular complexity index is 584. The van der Waals surface area contributed by atoms with Gasteiger partial charge in [0.2, 0.25) is 5.78 Å². The van der Waals surface area contributed by atoms with E-state index in [-0.39, 0.29) is 11.3 Å². The van der Waals surface area contributed by atoms with E-state index in [0.29, 0.717) is 11.3 Å². The Kier molecular flexibility index (Phi) is 4.79. The number of Topliss-reactive ketones (excluding diaryl/α,β-unsaturated/α-hetero) is 2. The average Bonchev–Trinajstić information content (AvgIpc) is 2.72. The predicted molar refractivity (Wildman–Crippen MR) is 67.6 cm³/mol. The molecule has 0 aliphatic rings. The molecule has 7 heteroatoms. The van der Waals surface area contributed by atoms with Crippen LogP contribution in [0.3, 0.4) is 0 Å². The maximum Gasteiger partial charge on any atom is 0.374 e. The number of carbonyl (C=O) groups excluding carboxylic acids is 4. The zero-order valence-corrected chi connectivity index (χ0v) is 11.7. The van der Waals surface area contributed by atoms with E-state index in [1.165, 1.54) is 7.11 Å². The fourth-order valence-electron chi connectivity index (χ4n) is 1.86. The Labute approximate surface area is 115 Å².